The Morgan fingerprint density at radius 2 is 2.00 bits per heavy atom. The van der Waals surface area contributed by atoms with Gasteiger partial charge in [0.15, 0.2) is 11.5 Å². The maximum Gasteiger partial charge on any atom is 0.205 e. The molecule has 0 fully saturated rings. The molecule has 0 radical (unpaired) electrons. The summed E-state index contributed by atoms with van der Waals surface area (Å²) in [5.41, 5.74) is 0.750. The average molecular weight is 239 g/mol. The van der Waals surface area contributed by atoms with E-state index in [2.05, 4.69) is 0 Å². The highest BCUT2D eigenvalue weighted by Crippen LogP contribution is 2.10. The largest absolute Gasteiger partial charge is 0.461 e. The Balaban J connectivity index is 2.13. The molecule has 0 aliphatic carbocycles. The molecule has 1 aromatic heterocycles. The van der Waals surface area contributed by atoms with Crippen LogP contribution in [0.15, 0.2) is 47.1 Å². The number of nitriles is 1. The summed E-state index contributed by atoms with van der Waals surface area (Å²) in [5.74, 6) is -0.527. The SMILES string of the molecule is N#Cc1cccc(C(=O)CC(=O)c2ccco2)c1. The van der Waals surface area contributed by atoms with Crippen molar-refractivity contribution >= 4 is 11.6 Å². The minimum atomic E-state index is -0.368. The van der Waals surface area contributed by atoms with Crippen LogP contribution >= 0.6 is 0 Å². The monoisotopic (exact) mass is 239 g/mol. The standard InChI is InChI=1S/C14H9NO3/c15-9-10-3-1-4-11(7-10)12(16)8-13(17)14-5-2-6-18-14/h1-7H,8H2. The van der Waals surface area contributed by atoms with Crippen LogP contribution in [0, 0.1) is 11.3 Å². The van der Waals surface area contributed by atoms with Crippen LogP contribution in [0.25, 0.3) is 0 Å². The van der Waals surface area contributed by atoms with Gasteiger partial charge in [0.1, 0.15) is 0 Å². The van der Waals surface area contributed by atoms with Crippen LogP contribution in [-0.4, -0.2) is 11.6 Å². The van der Waals surface area contributed by atoms with E-state index in [1.165, 1.54) is 18.4 Å². The summed E-state index contributed by atoms with van der Waals surface area (Å²) in [6.07, 6.45) is 1.12. The molecule has 4 heteroatoms. The van der Waals surface area contributed by atoms with E-state index in [-0.39, 0.29) is 23.7 Å². The van der Waals surface area contributed by atoms with E-state index in [0.29, 0.717) is 11.1 Å². The third-order valence-corrected chi connectivity index (χ3v) is 2.43. The van der Waals surface area contributed by atoms with Gasteiger partial charge in [0, 0.05) is 5.56 Å². The molecule has 0 saturated heterocycles. The summed E-state index contributed by atoms with van der Waals surface area (Å²) in [4.78, 5) is 23.5. The van der Waals surface area contributed by atoms with Crippen molar-refractivity contribution in [3.63, 3.8) is 0 Å². The Labute approximate surface area is 103 Å². The normalized spacial score (nSPS) is 9.72. The summed E-state index contributed by atoms with van der Waals surface area (Å²) in [7, 11) is 0. The van der Waals surface area contributed by atoms with E-state index >= 15 is 0 Å². The van der Waals surface area contributed by atoms with E-state index in [0.717, 1.165) is 0 Å². The zero-order chi connectivity index (χ0) is 13.0. The molecule has 1 heterocycles. The van der Waals surface area contributed by atoms with E-state index in [9.17, 15) is 9.59 Å². The summed E-state index contributed by atoms with van der Waals surface area (Å²) < 4.78 is 4.92. The number of carbonyl (C=O) groups is 2. The Kier molecular flexibility index (Phi) is 3.35. The van der Waals surface area contributed by atoms with Gasteiger partial charge in [-0.2, -0.15) is 5.26 Å². The molecule has 0 N–H and O–H groups in total. The lowest BCUT2D eigenvalue weighted by molar-refractivity contribution is 0.0878. The van der Waals surface area contributed by atoms with Gasteiger partial charge in [0.05, 0.1) is 24.3 Å². The highest BCUT2D eigenvalue weighted by molar-refractivity contribution is 6.12. The number of hydrogen-bond donors (Lipinski definition) is 0. The lowest BCUT2D eigenvalue weighted by Crippen LogP contribution is -2.08. The zero-order valence-electron chi connectivity index (χ0n) is 9.42. The predicted molar refractivity (Wildman–Crippen MR) is 63.1 cm³/mol. The Hall–Kier alpha value is -2.67. The molecule has 0 aliphatic rings. The first-order valence-corrected chi connectivity index (χ1v) is 5.31. The van der Waals surface area contributed by atoms with Crippen LogP contribution < -0.4 is 0 Å². The molecule has 88 valence electrons. The Morgan fingerprint density at radius 3 is 2.67 bits per heavy atom. The quantitative estimate of drug-likeness (QED) is 0.607. The van der Waals surface area contributed by atoms with Gasteiger partial charge in [-0.3, -0.25) is 9.59 Å². The van der Waals surface area contributed by atoms with E-state index in [1.54, 1.807) is 24.3 Å². The second-order valence-corrected chi connectivity index (χ2v) is 3.69. The van der Waals surface area contributed by atoms with Crippen molar-refractivity contribution in [3.05, 3.63) is 59.5 Å². The lowest BCUT2D eigenvalue weighted by atomic mass is 10.0. The predicted octanol–water partition coefficient (Wildman–Crippen LogP) is 2.61. The number of benzene rings is 1. The molecule has 0 amide bonds. The van der Waals surface area contributed by atoms with Gasteiger partial charge < -0.3 is 4.42 Å². The van der Waals surface area contributed by atoms with Crippen molar-refractivity contribution in [3.8, 4) is 6.07 Å². The van der Waals surface area contributed by atoms with Gasteiger partial charge in [-0.1, -0.05) is 12.1 Å². The van der Waals surface area contributed by atoms with Crippen LogP contribution in [0.3, 0.4) is 0 Å². The number of hydrogen-bond acceptors (Lipinski definition) is 4. The van der Waals surface area contributed by atoms with Gasteiger partial charge in [-0.15, -0.1) is 0 Å². The summed E-state index contributed by atoms with van der Waals surface area (Å²) >= 11 is 0. The third kappa shape index (κ3) is 2.53. The van der Waals surface area contributed by atoms with Crippen LogP contribution in [0.4, 0.5) is 0 Å². The minimum absolute atomic E-state index is 0.166. The molecule has 0 bridgehead atoms. The molecule has 2 rings (SSSR count). The topological polar surface area (TPSA) is 71.1 Å². The third-order valence-electron chi connectivity index (χ3n) is 2.43. The number of rotatable bonds is 4. The first-order chi connectivity index (χ1) is 8.70. The fraction of sp³-hybridized carbons (Fsp3) is 0.0714. The molecule has 4 nitrogen and oxygen atoms in total. The van der Waals surface area contributed by atoms with Crippen molar-refractivity contribution in [1.29, 1.82) is 5.26 Å². The van der Waals surface area contributed by atoms with Crippen LogP contribution in [0.5, 0.6) is 0 Å². The van der Waals surface area contributed by atoms with Crippen molar-refractivity contribution in [2.45, 2.75) is 6.42 Å². The fourth-order valence-electron chi connectivity index (χ4n) is 1.53. The van der Waals surface area contributed by atoms with E-state index < -0.39 is 0 Å². The zero-order valence-corrected chi connectivity index (χ0v) is 9.42. The van der Waals surface area contributed by atoms with Gasteiger partial charge in [-0.05, 0) is 24.3 Å². The molecule has 0 unspecified atom stereocenters. The number of furan rings is 1. The maximum atomic E-state index is 11.8. The fourth-order valence-corrected chi connectivity index (χ4v) is 1.53. The van der Waals surface area contributed by atoms with Gasteiger partial charge in [-0.25, -0.2) is 0 Å². The summed E-state index contributed by atoms with van der Waals surface area (Å²) in [6, 6.07) is 11.3. The van der Waals surface area contributed by atoms with Crippen molar-refractivity contribution < 1.29 is 14.0 Å². The van der Waals surface area contributed by atoms with Gasteiger partial charge in [0.2, 0.25) is 5.78 Å². The number of nitrogens with zero attached hydrogens (tertiary/aromatic N) is 1. The highest BCUT2D eigenvalue weighted by atomic mass is 16.3. The molecular formula is C14H9NO3. The highest BCUT2D eigenvalue weighted by Gasteiger charge is 2.15. The number of Topliss-reactive ketones (excluding diaryl/α,β-unsaturated/α-hetero) is 2. The molecular weight excluding hydrogens is 230 g/mol. The molecule has 0 atom stereocenters. The molecule has 18 heavy (non-hydrogen) atoms. The minimum Gasteiger partial charge on any atom is -0.461 e. The van der Waals surface area contributed by atoms with Crippen LogP contribution in [0.1, 0.15) is 32.9 Å². The number of ketones is 2. The second kappa shape index (κ2) is 5.11. The van der Waals surface area contributed by atoms with E-state index in [1.807, 2.05) is 6.07 Å². The van der Waals surface area contributed by atoms with Crippen molar-refractivity contribution in [2.24, 2.45) is 0 Å². The first kappa shape index (κ1) is 11.8. The smallest absolute Gasteiger partial charge is 0.205 e. The lowest BCUT2D eigenvalue weighted by Gasteiger charge is -1.99. The summed E-state index contributed by atoms with van der Waals surface area (Å²) in [5, 5.41) is 8.73. The van der Waals surface area contributed by atoms with Gasteiger partial charge >= 0.3 is 0 Å². The molecule has 0 spiro atoms. The molecule has 0 saturated carbocycles. The Morgan fingerprint density at radius 1 is 1.17 bits per heavy atom. The van der Waals surface area contributed by atoms with Crippen LogP contribution in [0.2, 0.25) is 0 Å². The Bertz CT molecular complexity index is 621. The van der Waals surface area contributed by atoms with Crippen molar-refractivity contribution in [1.82, 2.24) is 0 Å². The molecule has 2 aromatic rings. The average Bonchev–Trinajstić information content (AvgIpc) is 2.92. The first-order valence-electron chi connectivity index (χ1n) is 5.31. The van der Waals surface area contributed by atoms with Crippen molar-refractivity contribution in [2.75, 3.05) is 0 Å². The molecule has 1 aromatic carbocycles. The van der Waals surface area contributed by atoms with Crippen LogP contribution in [-0.2, 0) is 0 Å². The van der Waals surface area contributed by atoms with Gasteiger partial charge in [0.25, 0.3) is 0 Å². The summed E-state index contributed by atoms with van der Waals surface area (Å²) in [6.45, 7) is 0. The maximum absolute atomic E-state index is 11.8. The van der Waals surface area contributed by atoms with E-state index in [4.69, 9.17) is 9.68 Å². The second-order valence-electron chi connectivity index (χ2n) is 3.69. The molecule has 0 aliphatic heterocycles. The number of carbonyl (C=O) groups excluding carboxylic acids is 2.